The van der Waals surface area contributed by atoms with Crippen LogP contribution in [0.3, 0.4) is 0 Å². The summed E-state index contributed by atoms with van der Waals surface area (Å²) >= 11 is 0. The molecule has 0 amide bonds. The first kappa shape index (κ1) is 29.0. The summed E-state index contributed by atoms with van der Waals surface area (Å²) in [4.78, 5) is 0. The zero-order chi connectivity index (χ0) is 29.5. The molecule has 4 rings (SSSR count). The van der Waals surface area contributed by atoms with Crippen molar-refractivity contribution in [1.29, 1.82) is 0 Å². The number of benzene rings is 4. The van der Waals surface area contributed by atoms with E-state index in [0.29, 0.717) is 46.2 Å². The lowest BCUT2D eigenvalue weighted by molar-refractivity contribution is 0.427. The van der Waals surface area contributed by atoms with Crippen molar-refractivity contribution in [3.8, 4) is 34.1 Å². The van der Waals surface area contributed by atoms with Gasteiger partial charge in [0.25, 0.3) is 0 Å². The molecule has 0 aliphatic carbocycles. The second kappa shape index (κ2) is 12.9. The molecule has 4 N–H and O–H groups in total. The molecule has 4 aromatic rings. The minimum atomic E-state index is -0.639. The maximum atomic E-state index is 11.6. The molecule has 0 fully saturated rings. The van der Waals surface area contributed by atoms with Crippen LogP contribution in [0.5, 0.6) is 23.0 Å². The number of hydrogen-bond donors (Lipinski definition) is 4. The Balaban J connectivity index is 2.06. The lowest BCUT2D eigenvalue weighted by atomic mass is 9.79. The highest BCUT2D eigenvalue weighted by molar-refractivity contribution is 5.67. The molecule has 0 atom stereocenters. The van der Waals surface area contributed by atoms with Gasteiger partial charge < -0.3 is 20.4 Å². The molecule has 0 saturated heterocycles. The van der Waals surface area contributed by atoms with E-state index < -0.39 is 5.92 Å². The van der Waals surface area contributed by atoms with Gasteiger partial charge in [0.15, 0.2) is 0 Å². The predicted molar refractivity (Wildman–Crippen MR) is 168 cm³/mol. The fourth-order valence-corrected chi connectivity index (χ4v) is 5.37. The van der Waals surface area contributed by atoms with Crippen molar-refractivity contribution in [3.63, 3.8) is 0 Å². The van der Waals surface area contributed by atoms with E-state index in [4.69, 9.17) is 0 Å². The Morgan fingerprint density at radius 1 is 0.512 bits per heavy atom. The highest BCUT2D eigenvalue weighted by atomic mass is 16.3. The molecule has 0 aliphatic rings. The number of rotatable bonds is 12. The minimum Gasteiger partial charge on any atom is -0.507 e. The highest BCUT2D eigenvalue weighted by Crippen LogP contribution is 2.48. The maximum absolute atomic E-state index is 11.6. The summed E-state index contributed by atoms with van der Waals surface area (Å²) in [6.07, 6.45) is 7.91. The molecule has 0 spiro atoms. The van der Waals surface area contributed by atoms with Gasteiger partial charge in [-0.3, -0.25) is 0 Å². The molecule has 0 bridgehead atoms. The van der Waals surface area contributed by atoms with Crippen LogP contribution in [-0.4, -0.2) is 20.4 Å². The maximum Gasteiger partial charge on any atom is 0.126 e. The molecule has 4 nitrogen and oxygen atoms in total. The Kier molecular flexibility index (Phi) is 9.15. The highest BCUT2D eigenvalue weighted by Gasteiger charge is 2.29. The Morgan fingerprint density at radius 3 is 1.34 bits per heavy atom. The molecule has 0 aromatic heterocycles. The third-order valence-electron chi connectivity index (χ3n) is 7.36. The Labute approximate surface area is 242 Å². The number of phenols is 4. The van der Waals surface area contributed by atoms with Crippen molar-refractivity contribution in [2.45, 2.75) is 31.6 Å². The largest absolute Gasteiger partial charge is 0.507 e. The van der Waals surface area contributed by atoms with Crippen molar-refractivity contribution in [2.24, 2.45) is 0 Å². The molecule has 0 aliphatic heterocycles. The van der Waals surface area contributed by atoms with Gasteiger partial charge in [0.1, 0.15) is 23.0 Å². The summed E-state index contributed by atoms with van der Waals surface area (Å²) in [5, 5.41) is 45.2. The van der Waals surface area contributed by atoms with Crippen LogP contribution in [0.15, 0.2) is 117 Å². The molecule has 41 heavy (non-hydrogen) atoms. The summed E-state index contributed by atoms with van der Waals surface area (Å²) in [5.41, 5.74) is 5.86. The number of aromatic hydroxyl groups is 4. The molecular formula is C37H36O4. The summed E-state index contributed by atoms with van der Waals surface area (Å²) < 4.78 is 0. The SMILES string of the molecule is C=CCc1cc(C(c2ccc(-c3ccccc3)cc2)c2cc(CC=C)c(O)c(CC=C)c2O)c(O)c(CC=C)c1O. The first-order valence-corrected chi connectivity index (χ1v) is 13.6. The van der Waals surface area contributed by atoms with Crippen LogP contribution in [0.4, 0.5) is 0 Å². The van der Waals surface area contributed by atoms with Crippen LogP contribution in [0.2, 0.25) is 0 Å². The molecule has 4 heteroatoms. The van der Waals surface area contributed by atoms with E-state index in [2.05, 4.69) is 26.3 Å². The van der Waals surface area contributed by atoms with Crippen LogP contribution >= 0.6 is 0 Å². The van der Waals surface area contributed by atoms with Crippen molar-refractivity contribution >= 4 is 0 Å². The van der Waals surface area contributed by atoms with Crippen LogP contribution in [-0.2, 0) is 25.7 Å². The fourth-order valence-electron chi connectivity index (χ4n) is 5.37. The number of phenolic OH excluding ortho intramolecular Hbond substituents is 4. The average Bonchev–Trinajstić information content (AvgIpc) is 2.99. The standard InChI is InChI=1S/C37H36O4/c1-5-12-27-22-31(36(40)29(14-7-3)34(27)38)33(26-20-18-25(19-21-26)24-16-10-9-11-17-24)32-23-28(13-6-2)35(39)30(15-8-4)37(32)41/h5-11,16-23,33,38-41H,1-4,12-15H2. The van der Waals surface area contributed by atoms with Crippen molar-refractivity contribution < 1.29 is 20.4 Å². The van der Waals surface area contributed by atoms with Gasteiger partial charge in [-0.05, 0) is 65.6 Å². The summed E-state index contributed by atoms with van der Waals surface area (Å²) in [7, 11) is 0. The van der Waals surface area contributed by atoms with Gasteiger partial charge in [0.05, 0.1) is 0 Å². The zero-order valence-corrected chi connectivity index (χ0v) is 23.2. The molecule has 0 heterocycles. The first-order chi connectivity index (χ1) is 19.9. The molecule has 0 unspecified atom stereocenters. The monoisotopic (exact) mass is 544 g/mol. The number of hydrogen-bond acceptors (Lipinski definition) is 4. The third-order valence-corrected chi connectivity index (χ3v) is 7.36. The fraction of sp³-hybridized carbons (Fsp3) is 0.135. The Morgan fingerprint density at radius 2 is 0.927 bits per heavy atom. The zero-order valence-electron chi connectivity index (χ0n) is 23.2. The smallest absolute Gasteiger partial charge is 0.126 e. The van der Waals surface area contributed by atoms with Crippen LogP contribution in [0, 0.1) is 0 Å². The number of allylic oxidation sites excluding steroid dienone is 4. The third kappa shape index (κ3) is 5.82. The Bertz CT molecular complexity index is 1500. The van der Waals surface area contributed by atoms with E-state index in [-0.39, 0.29) is 35.8 Å². The van der Waals surface area contributed by atoms with E-state index in [1.165, 1.54) is 0 Å². The van der Waals surface area contributed by atoms with Gasteiger partial charge in [0, 0.05) is 28.2 Å². The van der Waals surface area contributed by atoms with Gasteiger partial charge in [-0.15, -0.1) is 26.3 Å². The van der Waals surface area contributed by atoms with Gasteiger partial charge in [0.2, 0.25) is 0 Å². The molecule has 4 aromatic carbocycles. The summed E-state index contributed by atoms with van der Waals surface area (Å²) in [6, 6.07) is 21.5. The average molecular weight is 545 g/mol. The van der Waals surface area contributed by atoms with Crippen LogP contribution < -0.4 is 0 Å². The summed E-state index contributed by atoms with van der Waals surface area (Å²) in [6.45, 7) is 15.3. The topological polar surface area (TPSA) is 80.9 Å². The van der Waals surface area contributed by atoms with Gasteiger partial charge >= 0.3 is 0 Å². The summed E-state index contributed by atoms with van der Waals surface area (Å²) in [5.74, 6) is -0.788. The van der Waals surface area contributed by atoms with E-state index in [1.54, 1.807) is 36.4 Å². The van der Waals surface area contributed by atoms with Gasteiger partial charge in [-0.1, -0.05) is 78.9 Å². The van der Waals surface area contributed by atoms with E-state index >= 15 is 0 Å². The van der Waals surface area contributed by atoms with Crippen molar-refractivity contribution in [2.75, 3.05) is 0 Å². The lowest BCUT2D eigenvalue weighted by Gasteiger charge is -2.26. The minimum absolute atomic E-state index is 0.00107. The first-order valence-electron chi connectivity index (χ1n) is 13.6. The quantitative estimate of drug-likeness (QED) is 0.107. The molecule has 208 valence electrons. The van der Waals surface area contributed by atoms with Crippen molar-refractivity contribution in [3.05, 3.63) is 156 Å². The van der Waals surface area contributed by atoms with E-state index in [1.807, 2.05) is 54.6 Å². The van der Waals surface area contributed by atoms with Crippen molar-refractivity contribution in [1.82, 2.24) is 0 Å². The van der Waals surface area contributed by atoms with Crippen LogP contribution in [0.1, 0.15) is 44.9 Å². The predicted octanol–water partition coefficient (Wildman–Crippen LogP) is 8.27. The van der Waals surface area contributed by atoms with Crippen LogP contribution in [0.25, 0.3) is 11.1 Å². The second-order valence-electron chi connectivity index (χ2n) is 9.99. The second-order valence-corrected chi connectivity index (χ2v) is 9.99. The molecular weight excluding hydrogens is 508 g/mol. The molecule has 0 radical (unpaired) electrons. The van der Waals surface area contributed by atoms with E-state index in [0.717, 1.165) is 16.7 Å². The lowest BCUT2D eigenvalue weighted by Crippen LogP contribution is -2.09. The molecule has 0 saturated carbocycles. The normalized spacial score (nSPS) is 10.9. The van der Waals surface area contributed by atoms with Gasteiger partial charge in [-0.2, -0.15) is 0 Å². The van der Waals surface area contributed by atoms with Gasteiger partial charge in [-0.25, -0.2) is 0 Å². The Hall–Kier alpha value is -4.96. The van der Waals surface area contributed by atoms with E-state index in [9.17, 15) is 20.4 Å².